The maximum absolute atomic E-state index is 13.3. The minimum absolute atomic E-state index is 0.126. The number of aromatic nitrogens is 2. The third kappa shape index (κ3) is 6.04. The average molecular weight is 482 g/mol. The van der Waals surface area contributed by atoms with Crippen LogP contribution in [0.3, 0.4) is 0 Å². The lowest BCUT2D eigenvalue weighted by Crippen LogP contribution is -2.32. The molecule has 0 radical (unpaired) electrons. The minimum atomic E-state index is -0.648. The Kier molecular flexibility index (Phi) is 7.28. The maximum atomic E-state index is 13.3. The Bertz CT molecular complexity index is 1240. The fourth-order valence-corrected chi connectivity index (χ4v) is 3.88. The van der Waals surface area contributed by atoms with Gasteiger partial charge >= 0.3 is 5.97 Å². The van der Waals surface area contributed by atoms with Gasteiger partial charge in [-0.3, -0.25) is 4.79 Å². The number of nitrogens with zero attached hydrogens (tertiary/aromatic N) is 2. The van der Waals surface area contributed by atoms with Crippen molar-refractivity contribution in [2.75, 3.05) is 6.61 Å². The first kappa shape index (κ1) is 23.1. The summed E-state index contributed by atoms with van der Waals surface area (Å²) in [6.07, 6.45) is 0. The van der Waals surface area contributed by atoms with Gasteiger partial charge in [0.15, 0.2) is 13.2 Å². The molecule has 0 fully saturated rings. The van der Waals surface area contributed by atoms with E-state index >= 15 is 0 Å². The van der Waals surface area contributed by atoms with Crippen LogP contribution in [-0.4, -0.2) is 28.6 Å². The molecule has 0 aliphatic heterocycles. The molecule has 1 N–H and O–H groups in total. The lowest BCUT2D eigenvalue weighted by Gasteiger charge is -2.18. The first-order valence-electron chi connectivity index (χ1n) is 10.3. The van der Waals surface area contributed by atoms with Gasteiger partial charge in [-0.15, -0.1) is 11.3 Å². The maximum Gasteiger partial charge on any atom is 0.338 e. The molecule has 4 rings (SSSR count). The normalized spacial score (nSPS) is 11.6. The van der Waals surface area contributed by atoms with Crippen LogP contribution in [-0.2, 0) is 16.1 Å². The van der Waals surface area contributed by atoms with Gasteiger partial charge in [0.25, 0.3) is 5.91 Å². The Morgan fingerprint density at radius 1 is 1.12 bits per heavy atom. The van der Waals surface area contributed by atoms with Crippen molar-refractivity contribution in [2.24, 2.45) is 0 Å². The monoisotopic (exact) mass is 481 g/mol. The lowest BCUT2D eigenvalue weighted by atomic mass is 10.1. The second-order valence-electron chi connectivity index (χ2n) is 7.19. The molecule has 0 spiro atoms. The largest absolute Gasteiger partial charge is 0.485 e. The summed E-state index contributed by atoms with van der Waals surface area (Å²) in [5.41, 5.74) is 0.985. The van der Waals surface area contributed by atoms with E-state index in [0.717, 1.165) is 10.4 Å². The molecular weight excluding hydrogens is 461 g/mol. The molecule has 0 saturated carbocycles. The molecule has 1 unspecified atom stereocenters. The molecular formula is C24H20FN3O5S. The van der Waals surface area contributed by atoms with Gasteiger partial charge in [0.2, 0.25) is 11.7 Å². The number of hydrogen-bond acceptors (Lipinski definition) is 8. The Morgan fingerprint density at radius 3 is 2.53 bits per heavy atom. The molecule has 1 amide bonds. The van der Waals surface area contributed by atoms with Crippen molar-refractivity contribution >= 4 is 23.2 Å². The van der Waals surface area contributed by atoms with E-state index in [1.165, 1.54) is 35.6 Å². The van der Waals surface area contributed by atoms with E-state index in [9.17, 15) is 14.0 Å². The molecule has 1 atom stereocenters. The van der Waals surface area contributed by atoms with Crippen LogP contribution in [0, 0.1) is 12.7 Å². The molecule has 0 aliphatic carbocycles. The van der Waals surface area contributed by atoms with E-state index in [1.807, 2.05) is 17.5 Å². The van der Waals surface area contributed by atoms with E-state index in [0.29, 0.717) is 17.5 Å². The third-order valence-electron chi connectivity index (χ3n) is 4.70. The number of rotatable bonds is 9. The molecule has 4 aromatic rings. The summed E-state index contributed by atoms with van der Waals surface area (Å²) in [6, 6.07) is 15.4. The molecule has 0 bridgehead atoms. The summed E-state index contributed by atoms with van der Waals surface area (Å²) in [5, 5.41) is 8.46. The number of benzene rings is 2. The predicted molar refractivity (Wildman–Crippen MR) is 121 cm³/mol. The Hall–Kier alpha value is -4.05. The summed E-state index contributed by atoms with van der Waals surface area (Å²) in [6.45, 7) is 1.35. The lowest BCUT2D eigenvalue weighted by molar-refractivity contribution is -0.124. The van der Waals surface area contributed by atoms with Gasteiger partial charge in [0, 0.05) is 11.8 Å². The number of hydrogen-bond donors (Lipinski definition) is 1. The second-order valence-corrected chi connectivity index (χ2v) is 8.17. The van der Waals surface area contributed by atoms with Crippen molar-refractivity contribution in [3.63, 3.8) is 0 Å². The summed E-state index contributed by atoms with van der Waals surface area (Å²) >= 11 is 1.46. The standard InChI is InChI=1S/C24H20FN3O5S/c1-15-26-21(28-33-15)13-31-19-10-6-17(7-11-19)24(30)32-14-22(29)27-23(20-3-2-12-34-20)16-4-8-18(25)9-5-16/h2-12,23H,13-14H2,1H3,(H,27,29). The number of thiophene rings is 1. The van der Waals surface area contributed by atoms with E-state index in [-0.39, 0.29) is 18.0 Å². The smallest absolute Gasteiger partial charge is 0.338 e. The van der Waals surface area contributed by atoms with E-state index in [4.69, 9.17) is 14.0 Å². The van der Waals surface area contributed by atoms with Crippen LogP contribution in [0.5, 0.6) is 5.75 Å². The van der Waals surface area contributed by atoms with Crippen molar-refractivity contribution in [3.8, 4) is 5.75 Å². The molecule has 34 heavy (non-hydrogen) atoms. The quantitative estimate of drug-likeness (QED) is 0.357. The van der Waals surface area contributed by atoms with Gasteiger partial charge in [-0.2, -0.15) is 4.98 Å². The topological polar surface area (TPSA) is 104 Å². The number of nitrogens with one attached hydrogen (secondary N) is 1. The molecule has 2 aromatic heterocycles. The molecule has 10 heteroatoms. The molecule has 2 heterocycles. The first-order valence-corrected chi connectivity index (χ1v) is 11.1. The third-order valence-corrected chi connectivity index (χ3v) is 5.64. The van der Waals surface area contributed by atoms with Crippen LogP contribution in [0.4, 0.5) is 4.39 Å². The van der Waals surface area contributed by atoms with Crippen molar-refractivity contribution in [1.82, 2.24) is 15.5 Å². The highest BCUT2D eigenvalue weighted by molar-refractivity contribution is 7.10. The van der Waals surface area contributed by atoms with Crippen LogP contribution >= 0.6 is 11.3 Å². The highest BCUT2D eigenvalue weighted by Crippen LogP contribution is 2.26. The average Bonchev–Trinajstić information content (AvgIpc) is 3.53. The van der Waals surface area contributed by atoms with Crippen molar-refractivity contribution in [2.45, 2.75) is 19.6 Å². The number of carbonyl (C=O) groups excluding carboxylic acids is 2. The molecule has 2 aromatic carbocycles. The van der Waals surface area contributed by atoms with Crippen molar-refractivity contribution < 1.29 is 28.0 Å². The summed E-state index contributed by atoms with van der Waals surface area (Å²) in [4.78, 5) is 29.8. The highest BCUT2D eigenvalue weighted by Gasteiger charge is 2.19. The Balaban J connectivity index is 1.31. The fraction of sp³-hybridized carbons (Fsp3) is 0.167. The molecule has 8 nitrogen and oxygen atoms in total. The summed E-state index contributed by atoms with van der Waals surface area (Å²) in [7, 11) is 0. The number of carbonyl (C=O) groups is 2. The first-order chi connectivity index (χ1) is 16.5. The van der Waals surface area contributed by atoms with Gasteiger partial charge in [0.1, 0.15) is 11.6 Å². The zero-order chi connectivity index (χ0) is 23.9. The van der Waals surface area contributed by atoms with E-state index in [2.05, 4.69) is 15.5 Å². The van der Waals surface area contributed by atoms with Crippen LogP contribution < -0.4 is 10.1 Å². The number of aryl methyl sites for hydroxylation is 1. The fourth-order valence-electron chi connectivity index (χ4n) is 3.08. The van der Waals surface area contributed by atoms with Gasteiger partial charge in [0.05, 0.1) is 11.6 Å². The SMILES string of the molecule is Cc1nc(COc2ccc(C(=O)OCC(=O)NC(c3ccc(F)cc3)c3cccs3)cc2)no1. The minimum Gasteiger partial charge on any atom is -0.485 e. The number of esters is 1. The summed E-state index contributed by atoms with van der Waals surface area (Å²) in [5.74, 6) is -0.130. The summed E-state index contributed by atoms with van der Waals surface area (Å²) < 4.78 is 28.9. The Morgan fingerprint density at radius 2 is 1.88 bits per heavy atom. The molecule has 174 valence electrons. The Labute approximate surface area is 198 Å². The van der Waals surface area contributed by atoms with Crippen LogP contribution in [0.2, 0.25) is 0 Å². The van der Waals surface area contributed by atoms with Gasteiger partial charge in [-0.05, 0) is 53.4 Å². The molecule has 0 aliphatic rings. The van der Waals surface area contributed by atoms with Crippen molar-refractivity contribution in [1.29, 1.82) is 0 Å². The van der Waals surface area contributed by atoms with Crippen molar-refractivity contribution in [3.05, 3.63) is 99.6 Å². The highest BCUT2D eigenvalue weighted by atomic mass is 32.1. The second kappa shape index (κ2) is 10.7. The number of halogens is 1. The number of amides is 1. The van der Waals surface area contributed by atoms with Crippen LogP contribution in [0.15, 0.2) is 70.6 Å². The van der Waals surface area contributed by atoms with Crippen LogP contribution in [0.25, 0.3) is 0 Å². The van der Waals surface area contributed by atoms with Gasteiger partial charge in [-0.25, -0.2) is 9.18 Å². The van der Waals surface area contributed by atoms with E-state index in [1.54, 1.807) is 31.2 Å². The zero-order valence-corrected chi connectivity index (χ0v) is 18.9. The zero-order valence-electron chi connectivity index (χ0n) is 18.1. The van der Waals surface area contributed by atoms with Gasteiger partial charge < -0.3 is 19.3 Å². The number of ether oxygens (including phenoxy) is 2. The van der Waals surface area contributed by atoms with Crippen LogP contribution in [0.1, 0.15) is 38.6 Å². The van der Waals surface area contributed by atoms with Gasteiger partial charge in [-0.1, -0.05) is 23.4 Å². The molecule has 0 saturated heterocycles. The predicted octanol–water partition coefficient (Wildman–Crippen LogP) is 4.22. The van der Waals surface area contributed by atoms with E-state index < -0.39 is 24.5 Å².